The Morgan fingerprint density at radius 3 is 2.73 bits per heavy atom. The number of carbonyl (C=O) groups excluding carboxylic acids is 4. The molecule has 1 fully saturated rings. The highest BCUT2D eigenvalue weighted by molar-refractivity contribution is 6.01. The Kier molecular flexibility index (Phi) is 5.77. The van der Waals surface area contributed by atoms with Crippen molar-refractivity contribution >= 4 is 35.0 Å². The molecule has 1 saturated heterocycles. The summed E-state index contributed by atoms with van der Waals surface area (Å²) in [5.74, 6) is -2.16. The second-order valence-electron chi connectivity index (χ2n) is 9.75. The average Bonchev–Trinajstić information content (AvgIpc) is 3.23. The highest BCUT2D eigenvalue weighted by Gasteiger charge is 2.43. The van der Waals surface area contributed by atoms with Gasteiger partial charge in [0.05, 0.1) is 18.4 Å². The van der Waals surface area contributed by atoms with Gasteiger partial charge in [-0.1, -0.05) is 6.07 Å². The fourth-order valence-corrected chi connectivity index (χ4v) is 4.10. The highest BCUT2D eigenvalue weighted by atomic mass is 19.1. The van der Waals surface area contributed by atoms with Crippen molar-refractivity contribution in [3.05, 3.63) is 53.2 Å². The van der Waals surface area contributed by atoms with E-state index < -0.39 is 23.7 Å². The van der Waals surface area contributed by atoms with Crippen molar-refractivity contribution < 1.29 is 28.3 Å². The number of benzene rings is 1. The predicted octanol–water partition coefficient (Wildman–Crippen LogP) is 0.868. The Labute approximate surface area is 210 Å². The number of anilines is 1. The van der Waals surface area contributed by atoms with E-state index in [1.54, 1.807) is 23.1 Å². The van der Waals surface area contributed by atoms with Crippen LogP contribution in [0, 0.1) is 5.82 Å². The van der Waals surface area contributed by atoms with Crippen LogP contribution in [0.1, 0.15) is 47.3 Å². The lowest BCUT2D eigenvalue weighted by Crippen LogP contribution is -2.68. The third-order valence-electron chi connectivity index (χ3n) is 6.07. The molecule has 0 saturated carbocycles. The summed E-state index contributed by atoms with van der Waals surface area (Å²) in [6, 6.07) is 5.51. The molecule has 13 heteroatoms. The molecule has 1 atom stereocenters. The quantitative estimate of drug-likeness (QED) is 0.433. The van der Waals surface area contributed by atoms with Crippen LogP contribution in [0.5, 0.6) is 5.75 Å². The maximum Gasteiger partial charge on any atom is 0.270 e. The second-order valence-corrected chi connectivity index (χ2v) is 9.75. The number of likely N-dealkylation sites (tertiary alicyclic amines) is 1. The summed E-state index contributed by atoms with van der Waals surface area (Å²) in [5, 5.41) is 11.8. The van der Waals surface area contributed by atoms with E-state index in [2.05, 4.69) is 26.0 Å². The van der Waals surface area contributed by atoms with Gasteiger partial charge >= 0.3 is 0 Å². The molecule has 3 N–H and O–H groups in total. The average molecular weight is 509 g/mol. The van der Waals surface area contributed by atoms with Gasteiger partial charge in [-0.15, -0.1) is 0 Å². The van der Waals surface area contributed by atoms with Crippen molar-refractivity contribution in [3.8, 4) is 5.75 Å². The minimum Gasteiger partial charge on any atom is -0.482 e. The third kappa shape index (κ3) is 4.55. The summed E-state index contributed by atoms with van der Waals surface area (Å²) < 4.78 is 20.6. The van der Waals surface area contributed by atoms with Gasteiger partial charge in [-0.25, -0.2) is 13.9 Å². The third-order valence-corrected chi connectivity index (χ3v) is 6.07. The van der Waals surface area contributed by atoms with Gasteiger partial charge in [0.2, 0.25) is 5.91 Å². The number of aromatic nitrogens is 3. The molecular formula is C24H24FN7O5. The summed E-state index contributed by atoms with van der Waals surface area (Å²) in [5.41, 5.74) is 0.119. The zero-order chi connectivity index (χ0) is 26.5. The Bertz CT molecular complexity index is 1460. The summed E-state index contributed by atoms with van der Waals surface area (Å²) in [6.45, 7) is 6.00. The standard InChI is InChI=1S/C24H24FN7O5/c1-24(2,3)31-10-16(23(31)36)30-22(35)17-7-15(29-20-13(25)9-27-32(17)20)21(34)26-8-12-4-5-18-14(6-12)28-19(33)11-37-18/h4-7,9,16H,8,10-11H2,1-3H3,(H,26,34)(H,28,33)(H,30,35)/t16-/m0/s1. The SMILES string of the molecule is CC(C)(C)N1C[C@H](NC(=O)c2cc(C(=O)NCc3ccc4c(c3)NC(=O)CO4)nc3c(F)cnn23)C1=O. The number of nitrogens with one attached hydrogen (secondary N) is 3. The van der Waals surface area contributed by atoms with Crippen LogP contribution in [-0.2, 0) is 16.1 Å². The monoisotopic (exact) mass is 509 g/mol. The molecule has 1 aromatic carbocycles. The zero-order valence-electron chi connectivity index (χ0n) is 20.3. The van der Waals surface area contributed by atoms with Crippen molar-refractivity contribution in [2.45, 2.75) is 38.9 Å². The number of nitrogens with zero attached hydrogens (tertiary/aromatic N) is 4. The first kappa shape index (κ1) is 24.2. The molecular weight excluding hydrogens is 485 g/mol. The minimum absolute atomic E-state index is 0.0668. The Morgan fingerprint density at radius 2 is 2.00 bits per heavy atom. The maximum atomic E-state index is 14.3. The first-order valence-electron chi connectivity index (χ1n) is 11.5. The van der Waals surface area contributed by atoms with Gasteiger partial charge in [0.25, 0.3) is 17.7 Å². The van der Waals surface area contributed by atoms with E-state index in [1.807, 2.05) is 20.8 Å². The molecule has 0 radical (unpaired) electrons. The molecule has 2 aliphatic heterocycles. The van der Waals surface area contributed by atoms with Crippen molar-refractivity contribution in [3.63, 3.8) is 0 Å². The molecule has 0 unspecified atom stereocenters. The van der Waals surface area contributed by atoms with Gasteiger partial charge in [-0.05, 0) is 38.5 Å². The number of fused-ring (bicyclic) bond motifs is 2. The maximum absolute atomic E-state index is 14.3. The second kappa shape index (κ2) is 8.84. The lowest BCUT2D eigenvalue weighted by molar-refractivity contribution is -0.150. The smallest absolute Gasteiger partial charge is 0.270 e. The van der Waals surface area contributed by atoms with Crippen LogP contribution in [-0.4, -0.2) is 67.9 Å². The van der Waals surface area contributed by atoms with E-state index in [-0.39, 0.29) is 47.5 Å². The summed E-state index contributed by atoms with van der Waals surface area (Å²) in [4.78, 5) is 55.6. The van der Waals surface area contributed by atoms with E-state index >= 15 is 0 Å². The fraction of sp³-hybridized carbons (Fsp3) is 0.333. The molecule has 0 spiro atoms. The molecule has 3 aromatic rings. The van der Waals surface area contributed by atoms with Crippen molar-refractivity contribution in [1.29, 1.82) is 0 Å². The molecule has 0 bridgehead atoms. The van der Waals surface area contributed by atoms with Crippen molar-refractivity contribution in [1.82, 2.24) is 30.1 Å². The lowest BCUT2D eigenvalue weighted by atomic mass is 9.96. The number of hydrogen-bond acceptors (Lipinski definition) is 7. The van der Waals surface area contributed by atoms with E-state index in [4.69, 9.17) is 4.74 Å². The van der Waals surface area contributed by atoms with Crippen LogP contribution in [0.25, 0.3) is 5.65 Å². The van der Waals surface area contributed by atoms with E-state index in [1.165, 1.54) is 6.07 Å². The van der Waals surface area contributed by atoms with Crippen LogP contribution >= 0.6 is 0 Å². The normalized spacial score (nSPS) is 17.0. The number of amides is 4. The highest BCUT2D eigenvalue weighted by Crippen LogP contribution is 2.28. The van der Waals surface area contributed by atoms with Crippen LogP contribution in [0.4, 0.5) is 10.1 Å². The number of carbonyl (C=O) groups is 4. The first-order valence-corrected chi connectivity index (χ1v) is 11.5. The molecule has 4 amide bonds. The van der Waals surface area contributed by atoms with Crippen LogP contribution in [0.15, 0.2) is 30.5 Å². The van der Waals surface area contributed by atoms with Gasteiger partial charge in [-0.2, -0.15) is 5.10 Å². The topological polar surface area (TPSA) is 147 Å². The number of ether oxygens (including phenoxy) is 1. The summed E-state index contributed by atoms with van der Waals surface area (Å²) in [6.07, 6.45) is 0.889. The Morgan fingerprint density at radius 1 is 1.22 bits per heavy atom. The Balaban J connectivity index is 1.33. The van der Waals surface area contributed by atoms with Crippen molar-refractivity contribution in [2.24, 2.45) is 0 Å². The number of halogens is 1. The predicted molar refractivity (Wildman–Crippen MR) is 127 cm³/mol. The van der Waals surface area contributed by atoms with E-state index in [0.717, 1.165) is 10.7 Å². The number of hydrogen-bond donors (Lipinski definition) is 3. The van der Waals surface area contributed by atoms with Gasteiger partial charge < -0.3 is 25.6 Å². The molecule has 192 valence electrons. The van der Waals surface area contributed by atoms with Crippen molar-refractivity contribution in [2.75, 3.05) is 18.5 Å². The molecule has 4 heterocycles. The zero-order valence-corrected chi connectivity index (χ0v) is 20.3. The largest absolute Gasteiger partial charge is 0.482 e. The van der Waals surface area contributed by atoms with E-state index in [0.29, 0.717) is 23.5 Å². The molecule has 0 aliphatic carbocycles. The molecule has 2 aromatic heterocycles. The molecule has 2 aliphatic rings. The van der Waals surface area contributed by atoms with Gasteiger partial charge in [0.1, 0.15) is 23.2 Å². The van der Waals surface area contributed by atoms with Crippen LogP contribution in [0.3, 0.4) is 0 Å². The summed E-state index contributed by atoms with van der Waals surface area (Å²) in [7, 11) is 0. The first-order chi connectivity index (χ1) is 17.5. The van der Waals surface area contributed by atoms with Gasteiger partial charge in [0.15, 0.2) is 18.1 Å². The number of rotatable bonds is 5. The van der Waals surface area contributed by atoms with Gasteiger partial charge in [0, 0.05) is 18.2 Å². The fourth-order valence-electron chi connectivity index (χ4n) is 4.10. The number of β-lactam (4-membered cyclic amide) rings is 1. The lowest BCUT2D eigenvalue weighted by Gasteiger charge is -2.47. The van der Waals surface area contributed by atoms with Gasteiger partial charge in [-0.3, -0.25) is 19.2 Å². The Hall–Kier alpha value is -4.55. The minimum atomic E-state index is -0.812. The van der Waals surface area contributed by atoms with E-state index in [9.17, 15) is 23.6 Å². The van der Waals surface area contributed by atoms with Crippen LogP contribution < -0.4 is 20.7 Å². The van der Waals surface area contributed by atoms with Crippen LogP contribution in [0.2, 0.25) is 0 Å². The molecule has 37 heavy (non-hydrogen) atoms. The molecule has 5 rings (SSSR count). The summed E-state index contributed by atoms with van der Waals surface area (Å²) >= 11 is 0. The molecule has 12 nitrogen and oxygen atoms in total.